The standard InChI is InChI=1S/C15H20N2O3/c1-11(2)9-12(3)17-20-10-13-7-5-6-8-14(13)16-15(18)19-4/h5-9H,10H2,1-4H3,(H,16,18). The Morgan fingerprint density at radius 1 is 1.30 bits per heavy atom. The lowest BCUT2D eigenvalue weighted by Gasteiger charge is -2.09. The topological polar surface area (TPSA) is 59.9 Å². The Morgan fingerprint density at radius 2 is 2.00 bits per heavy atom. The van der Waals surface area contributed by atoms with Crippen LogP contribution < -0.4 is 5.32 Å². The van der Waals surface area contributed by atoms with Gasteiger partial charge in [0, 0.05) is 5.56 Å². The van der Waals surface area contributed by atoms with Gasteiger partial charge in [0.1, 0.15) is 6.61 Å². The average Bonchev–Trinajstić information content (AvgIpc) is 2.39. The number of anilines is 1. The molecular formula is C15H20N2O3. The smallest absolute Gasteiger partial charge is 0.411 e. The second kappa shape index (κ2) is 7.99. The van der Waals surface area contributed by atoms with Gasteiger partial charge in [0.25, 0.3) is 0 Å². The molecular weight excluding hydrogens is 256 g/mol. The largest absolute Gasteiger partial charge is 0.453 e. The van der Waals surface area contributed by atoms with E-state index in [2.05, 4.69) is 15.2 Å². The van der Waals surface area contributed by atoms with Crippen LogP contribution in [0.5, 0.6) is 0 Å². The number of hydrogen-bond acceptors (Lipinski definition) is 4. The van der Waals surface area contributed by atoms with Crippen molar-refractivity contribution >= 4 is 17.5 Å². The van der Waals surface area contributed by atoms with E-state index in [1.54, 1.807) is 6.07 Å². The maximum Gasteiger partial charge on any atom is 0.411 e. The highest BCUT2D eigenvalue weighted by atomic mass is 16.6. The zero-order valence-electron chi connectivity index (χ0n) is 12.3. The molecule has 0 aromatic heterocycles. The van der Waals surface area contributed by atoms with Crippen LogP contribution in [0.25, 0.3) is 0 Å². The van der Waals surface area contributed by atoms with Gasteiger partial charge in [-0.15, -0.1) is 0 Å². The number of nitrogens with zero attached hydrogens (tertiary/aromatic N) is 1. The molecule has 0 heterocycles. The van der Waals surface area contributed by atoms with Crippen LogP contribution >= 0.6 is 0 Å². The average molecular weight is 276 g/mol. The fraction of sp³-hybridized carbons (Fsp3) is 0.333. The van der Waals surface area contributed by atoms with Gasteiger partial charge in [-0.3, -0.25) is 5.32 Å². The van der Waals surface area contributed by atoms with E-state index in [0.29, 0.717) is 5.69 Å². The summed E-state index contributed by atoms with van der Waals surface area (Å²) in [6.45, 7) is 6.13. The summed E-state index contributed by atoms with van der Waals surface area (Å²) in [4.78, 5) is 16.5. The zero-order valence-corrected chi connectivity index (χ0v) is 12.3. The number of carbonyl (C=O) groups excluding carboxylic acids is 1. The fourth-order valence-electron chi connectivity index (χ4n) is 1.58. The predicted molar refractivity (Wildman–Crippen MR) is 79.8 cm³/mol. The van der Waals surface area contributed by atoms with Crippen LogP contribution in [0.1, 0.15) is 26.3 Å². The van der Waals surface area contributed by atoms with Crippen molar-refractivity contribution in [1.82, 2.24) is 0 Å². The number of oxime groups is 1. The Morgan fingerprint density at radius 3 is 2.65 bits per heavy atom. The first-order valence-corrected chi connectivity index (χ1v) is 6.27. The number of para-hydroxylation sites is 1. The van der Waals surface area contributed by atoms with Crippen molar-refractivity contribution < 1.29 is 14.4 Å². The van der Waals surface area contributed by atoms with Gasteiger partial charge in [-0.1, -0.05) is 28.9 Å². The Balaban J connectivity index is 2.69. The SMILES string of the molecule is COC(=O)Nc1ccccc1CON=C(C)C=C(C)C. The molecule has 5 heteroatoms. The third-order valence-electron chi connectivity index (χ3n) is 2.37. The molecule has 20 heavy (non-hydrogen) atoms. The maximum atomic E-state index is 11.2. The molecule has 1 rings (SSSR count). The summed E-state index contributed by atoms with van der Waals surface area (Å²) in [5.41, 5.74) is 3.42. The highest BCUT2D eigenvalue weighted by Gasteiger charge is 2.06. The first kappa shape index (κ1) is 15.8. The van der Waals surface area contributed by atoms with Crippen LogP contribution in [0.4, 0.5) is 10.5 Å². The van der Waals surface area contributed by atoms with E-state index in [9.17, 15) is 4.79 Å². The van der Waals surface area contributed by atoms with E-state index < -0.39 is 6.09 Å². The van der Waals surface area contributed by atoms with E-state index in [1.165, 1.54) is 7.11 Å². The third kappa shape index (κ3) is 5.56. The van der Waals surface area contributed by atoms with Crippen LogP contribution in [-0.2, 0) is 16.2 Å². The number of allylic oxidation sites excluding steroid dienone is 2. The van der Waals surface area contributed by atoms with Crippen LogP contribution in [0.15, 0.2) is 41.1 Å². The lowest BCUT2D eigenvalue weighted by Crippen LogP contribution is -2.12. The van der Waals surface area contributed by atoms with Crippen LogP contribution in [-0.4, -0.2) is 18.9 Å². The number of hydrogen-bond donors (Lipinski definition) is 1. The summed E-state index contributed by atoms with van der Waals surface area (Å²) in [6.07, 6.45) is 1.42. The molecule has 0 saturated carbocycles. The Bertz CT molecular complexity index is 518. The summed E-state index contributed by atoms with van der Waals surface area (Å²) < 4.78 is 4.57. The molecule has 5 nitrogen and oxygen atoms in total. The number of amides is 1. The maximum absolute atomic E-state index is 11.2. The number of ether oxygens (including phenoxy) is 1. The van der Waals surface area contributed by atoms with Gasteiger partial charge < -0.3 is 9.57 Å². The van der Waals surface area contributed by atoms with Crippen molar-refractivity contribution in [2.75, 3.05) is 12.4 Å². The quantitative estimate of drug-likeness (QED) is 0.658. The molecule has 0 unspecified atom stereocenters. The van der Waals surface area contributed by atoms with Crippen molar-refractivity contribution in [3.8, 4) is 0 Å². The molecule has 0 aliphatic heterocycles. The van der Waals surface area contributed by atoms with Gasteiger partial charge in [-0.25, -0.2) is 4.79 Å². The lowest BCUT2D eigenvalue weighted by molar-refractivity contribution is 0.131. The van der Waals surface area contributed by atoms with Crippen LogP contribution in [0.3, 0.4) is 0 Å². The van der Waals surface area contributed by atoms with Crippen molar-refractivity contribution in [1.29, 1.82) is 0 Å². The molecule has 0 radical (unpaired) electrons. The van der Waals surface area contributed by atoms with Gasteiger partial charge >= 0.3 is 6.09 Å². The number of methoxy groups -OCH3 is 1. The summed E-state index contributed by atoms with van der Waals surface area (Å²) in [6, 6.07) is 7.33. The zero-order chi connectivity index (χ0) is 15.0. The molecule has 0 saturated heterocycles. The molecule has 1 N–H and O–H groups in total. The van der Waals surface area contributed by atoms with Gasteiger partial charge in [0.2, 0.25) is 0 Å². The van der Waals surface area contributed by atoms with Gasteiger partial charge in [0.05, 0.1) is 18.5 Å². The molecule has 0 fully saturated rings. The number of benzene rings is 1. The minimum Gasteiger partial charge on any atom is -0.453 e. The molecule has 0 aliphatic rings. The van der Waals surface area contributed by atoms with E-state index >= 15 is 0 Å². The lowest BCUT2D eigenvalue weighted by atomic mass is 10.2. The van der Waals surface area contributed by atoms with Gasteiger partial charge in [-0.05, 0) is 32.9 Å². The van der Waals surface area contributed by atoms with Gasteiger partial charge in [0.15, 0.2) is 0 Å². The summed E-state index contributed by atoms with van der Waals surface area (Å²) >= 11 is 0. The summed E-state index contributed by atoms with van der Waals surface area (Å²) in [7, 11) is 1.32. The van der Waals surface area contributed by atoms with E-state index in [4.69, 9.17) is 4.84 Å². The Labute approximate surface area is 119 Å². The molecule has 0 aliphatic carbocycles. The fourth-order valence-corrected chi connectivity index (χ4v) is 1.58. The van der Waals surface area contributed by atoms with Crippen molar-refractivity contribution in [3.63, 3.8) is 0 Å². The van der Waals surface area contributed by atoms with E-state index in [0.717, 1.165) is 16.8 Å². The van der Waals surface area contributed by atoms with E-state index in [-0.39, 0.29) is 6.61 Å². The highest BCUT2D eigenvalue weighted by molar-refractivity contribution is 5.92. The normalized spacial score (nSPS) is 10.7. The monoisotopic (exact) mass is 276 g/mol. The highest BCUT2D eigenvalue weighted by Crippen LogP contribution is 2.16. The first-order valence-electron chi connectivity index (χ1n) is 6.27. The summed E-state index contributed by atoms with van der Waals surface area (Å²) in [5.74, 6) is 0. The minimum absolute atomic E-state index is 0.272. The minimum atomic E-state index is -0.512. The summed E-state index contributed by atoms with van der Waals surface area (Å²) in [5, 5.41) is 6.63. The molecule has 0 atom stereocenters. The molecule has 0 bridgehead atoms. The third-order valence-corrected chi connectivity index (χ3v) is 2.37. The second-order valence-electron chi connectivity index (χ2n) is 4.50. The number of nitrogens with one attached hydrogen (secondary N) is 1. The molecule has 1 aromatic carbocycles. The molecule has 1 amide bonds. The molecule has 108 valence electrons. The Kier molecular flexibility index (Phi) is 6.29. The second-order valence-corrected chi connectivity index (χ2v) is 4.50. The van der Waals surface area contributed by atoms with Crippen molar-refractivity contribution in [2.24, 2.45) is 5.16 Å². The molecule has 0 spiro atoms. The van der Waals surface area contributed by atoms with Crippen LogP contribution in [0, 0.1) is 0 Å². The van der Waals surface area contributed by atoms with Crippen molar-refractivity contribution in [2.45, 2.75) is 27.4 Å². The van der Waals surface area contributed by atoms with Crippen molar-refractivity contribution in [3.05, 3.63) is 41.5 Å². The Hall–Kier alpha value is -2.30. The number of rotatable bonds is 5. The van der Waals surface area contributed by atoms with Gasteiger partial charge in [-0.2, -0.15) is 0 Å². The van der Waals surface area contributed by atoms with Crippen LogP contribution in [0.2, 0.25) is 0 Å². The molecule has 1 aromatic rings. The first-order chi connectivity index (χ1) is 9.52. The predicted octanol–water partition coefficient (Wildman–Crippen LogP) is 3.72. The number of carbonyl (C=O) groups is 1. The van der Waals surface area contributed by atoms with E-state index in [1.807, 2.05) is 45.0 Å².